The number of nitrogens with one attached hydrogen (secondary N) is 1. The molecular weight excluding hydrogens is 360 g/mol. The van der Waals surface area contributed by atoms with Gasteiger partial charge in [0, 0.05) is 31.3 Å². The number of hydrogen-bond acceptors (Lipinski definition) is 3. The molecule has 5 heteroatoms. The van der Waals surface area contributed by atoms with Crippen LogP contribution in [0.1, 0.15) is 37.7 Å². The normalized spacial score (nSPS) is 15.1. The van der Waals surface area contributed by atoms with Crippen LogP contribution >= 0.6 is 11.6 Å². The van der Waals surface area contributed by atoms with Gasteiger partial charge in [-0.15, -0.1) is 6.58 Å². The third kappa shape index (κ3) is 8.91. The molecule has 0 unspecified atom stereocenters. The van der Waals surface area contributed by atoms with Crippen LogP contribution < -0.4 is 5.32 Å². The van der Waals surface area contributed by atoms with Gasteiger partial charge >= 0.3 is 0 Å². The maximum Gasteiger partial charge on any atom is 0.226 e. The van der Waals surface area contributed by atoms with Gasteiger partial charge in [0.25, 0.3) is 0 Å². The van der Waals surface area contributed by atoms with E-state index in [1.807, 2.05) is 35.2 Å². The van der Waals surface area contributed by atoms with Crippen molar-refractivity contribution < 1.29 is 9.53 Å². The van der Waals surface area contributed by atoms with Gasteiger partial charge in [0.05, 0.1) is 6.42 Å². The largest absolute Gasteiger partial charge is 0.381 e. The number of amides is 1. The van der Waals surface area contributed by atoms with Crippen molar-refractivity contribution in [2.45, 2.75) is 38.5 Å². The van der Waals surface area contributed by atoms with E-state index in [4.69, 9.17) is 16.3 Å². The van der Waals surface area contributed by atoms with Crippen LogP contribution in [0.25, 0.3) is 0 Å². The predicted molar refractivity (Wildman–Crippen MR) is 112 cm³/mol. The number of rotatable bonds is 12. The molecule has 0 aliphatic carbocycles. The molecule has 1 aliphatic heterocycles. The number of ether oxygens (including phenoxy) is 1. The Morgan fingerprint density at radius 3 is 2.67 bits per heavy atom. The van der Waals surface area contributed by atoms with Crippen molar-refractivity contribution >= 4 is 17.5 Å². The van der Waals surface area contributed by atoms with Gasteiger partial charge in [-0.25, -0.2) is 0 Å². The van der Waals surface area contributed by atoms with Crippen molar-refractivity contribution in [3.8, 4) is 0 Å². The Morgan fingerprint density at radius 1 is 1.22 bits per heavy atom. The van der Waals surface area contributed by atoms with Crippen LogP contribution in [0.3, 0.4) is 0 Å². The van der Waals surface area contributed by atoms with Crippen molar-refractivity contribution in [1.82, 2.24) is 10.2 Å². The standard InChI is InChI=1S/C22H33ClN2O2/c1-2-3-12-24-13-4-16-27-17-11-19-9-14-25(15-10-19)22(26)18-20-5-7-21(23)8-6-20/h2,5-8,19,24H,1,3-4,9-18H2. The van der Waals surface area contributed by atoms with Crippen LogP contribution in [0, 0.1) is 5.92 Å². The van der Waals surface area contributed by atoms with Crippen molar-refractivity contribution in [3.63, 3.8) is 0 Å². The van der Waals surface area contributed by atoms with E-state index in [2.05, 4.69) is 11.9 Å². The second-order valence-corrected chi connectivity index (χ2v) is 7.65. The van der Waals surface area contributed by atoms with E-state index >= 15 is 0 Å². The summed E-state index contributed by atoms with van der Waals surface area (Å²) in [6.45, 7) is 9.09. The first kappa shape index (κ1) is 21.9. The van der Waals surface area contributed by atoms with E-state index in [9.17, 15) is 4.79 Å². The minimum atomic E-state index is 0.218. The van der Waals surface area contributed by atoms with Gasteiger partial charge in [-0.05, 0) is 68.8 Å². The number of hydrogen-bond donors (Lipinski definition) is 1. The fourth-order valence-electron chi connectivity index (χ4n) is 3.34. The molecule has 1 aromatic rings. The monoisotopic (exact) mass is 392 g/mol. The van der Waals surface area contributed by atoms with E-state index < -0.39 is 0 Å². The summed E-state index contributed by atoms with van der Waals surface area (Å²) in [6.07, 6.45) is 7.73. The number of carbonyl (C=O) groups is 1. The molecule has 0 aromatic heterocycles. The zero-order valence-corrected chi connectivity index (χ0v) is 17.1. The Hall–Kier alpha value is -1.36. The lowest BCUT2D eigenvalue weighted by Gasteiger charge is -2.32. The number of likely N-dealkylation sites (tertiary alicyclic amines) is 1. The Labute approximate surface area is 168 Å². The molecule has 0 saturated carbocycles. The van der Waals surface area contributed by atoms with Gasteiger partial charge in [-0.1, -0.05) is 29.8 Å². The van der Waals surface area contributed by atoms with Crippen molar-refractivity contribution in [2.75, 3.05) is 39.4 Å². The average molecular weight is 393 g/mol. The number of benzene rings is 1. The highest BCUT2D eigenvalue weighted by molar-refractivity contribution is 6.30. The molecule has 1 amide bonds. The molecule has 1 fully saturated rings. The highest BCUT2D eigenvalue weighted by atomic mass is 35.5. The van der Waals surface area contributed by atoms with Gasteiger partial charge in [0.1, 0.15) is 0 Å². The zero-order chi connectivity index (χ0) is 19.3. The molecule has 0 atom stereocenters. The van der Waals surface area contributed by atoms with Crippen molar-refractivity contribution in [1.29, 1.82) is 0 Å². The molecule has 2 rings (SSSR count). The van der Waals surface area contributed by atoms with Crippen LogP contribution in [-0.2, 0) is 16.0 Å². The quantitative estimate of drug-likeness (QED) is 0.430. The molecule has 0 radical (unpaired) electrons. The summed E-state index contributed by atoms with van der Waals surface area (Å²) in [5.41, 5.74) is 1.03. The van der Waals surface area contributed by atoms with Gasteiger partial charge < -0.3 is 15.0 Å². The molecule has 0 spiro atoms. The van der Waals surface area contributed by atoms with Crippen LogP contribution in [0.15, 0.2) is 36.9 Å². The molecule has 27 heavy (non-hydrogen) atoms. The lowest BCUT2D eigenvalue weighted by atomic mass is 9.93. The second kappa shape index (κ2) is 12.9. The number of carbonyl (C=O) groups excluding carboxylic acids is 1. The fraction of sp³-hybridized carbons (Fsp3) is 0.591. The van der Waals surface area contributed by atoms with Crippen LogP contribution in [0.4, 0.5) is 0 Å². The fourth-order valence-corrected chi connectivity index (χ4v) is 3.47. The van der Waals surface area contributed by atoms with Gasteiger partial charge in [0.15, 0.2) is 0 Å². The average Bonchev–Trinajstić information content (AvgIpc) is 2.69. The lowest BCUT2D eigenvalue weighted by molar-refractivity contribution is -0.131. The topological polar surface area (TPSA) is 41.6 Å². The molecule has 1 heterocycles. The third-order valence-electron chi connectivity index (χ3n) is 5.07. The first-order chi connectivity index (χ1) is 13.2. The highest BCUT2D eigenvalue weighted by Gasteiger charge is 2.22. The minimum absolute atomic E-state index is 0.218. The van der Waals surface area contributed by atoms with Crippen LogP contribution in [-0.4, -0.2) is 50.2 Å². The summed E-state index contributed by atoms with van der Waals surface area (Å²) >= 11 is 5.90. The minimum Gasteiger partial charge on any atom is -0.381 e. The predicted octanol–water partition coefficient (Wildman–Crippen LogP) is 4.08. The summed E-state index contributed by atoms with van der Waals surface area (Å²) in [4.78, 5) is 14.4. The zero-order valence-electron chi connectivity index (χ0n) is 16.3. The summed E-state index contributed by atoms with van der Waals surface area (Å²) in [5.74, 6) is 0.895. The number of halogens is 1. The molecule has 1 aliphatic rings. The summed E-state index contributed by atoms with van der Waals surface area (Å²) in [6, 6.07) is 7.54. The van der Waals surface area contributed by atoms with Crippen LogP contribution in [0.2, 0.25) is 5.02 Å². The Morgan fingerprint density at radius 2 is 1.96 bits per heavy atom. The first-order valence-corrected chi connectivity index (χ1v) is 10.5. The maximum atomic E-state index is 12.4. The number of piperidine rings is 1. The Bertz CT molecular complexity index is 554. The highest BCUT2D eigenvalue weighted by Crippen LogP contribution is 2.21. The van der Waals surface area contributed by atoms with E-state index in [0.29, 0.717) is 17.4 Å². The van der Waals surface area contributed by atoms with Crippen molar-refractivity contribution in [2.24, 2.45) is 5.92 Å². The van der Waals surface area contributed by atoms with Crippen LogP contribution in [0.5, 0.6) is 0 Å². The first-order valence-electron chi connectivity index (χ1n) is 10.1. The molecular formula is C22H33ClN2O2. The third-order valence-corrected chi connectivity index (χ3v) is 5.33. The summed E-state index contributed by atoms with van der Waals surface area (Å²) in [5, 5.41) is 4.07. The molecule has 1 saturated heterocycles. The summed E-state index contributed by atoms with van der Waals surface area (Å²) in [7, 11) is 0. The molecule has 150 valence electrons. The van der Waals surface area contributed by atoms with E-state index in [0.717, 1.165) is 77.1 Å². The Kier molecular flexibility index (Phi) is 10.5. The molecule has 4 nitrogen and oxygen atoms in total. The van der Waals surface area contributed by atoms with Crippen molar-refractivity contribution in [3.05, 3.63) is 47.5 Å². The summed E-state index contributed by atoms with van der Waals surface area (Å²) < 4.78 is 5.75. The Balaban J connectivity index is 1.51. The molecule has 1 N–H and O–H groups in total. The lowest BCUT2D eigenvalue weighted by Crippen LogP contribution is -2.39. The number of nitrogens with zero attached hydrogens (tertiary/aromatic N) is 1. The van der Waals surface area contributed by atoms with E-state index in [-0.39, 0.29) is 5.91 Å². The smallest absolute Gasteiger partial charge is 0.226 e. The maximum absolute atomic E-state index is 12.4. The van der Waals surface area contributed by atoms with E-state index in [1.165, 1.54) is 0 Å². The van der Waals surface area contributed by atoms with Gasteiger partial charge in [-0.3, -0.25) is 4.79 Å². The van der Waals surface area contributed by atoms with Gasteiger partial charge in [-0.2, -0.15) is 0 Å². The molecule has 1 aromatic carbocycles. The SMILES string of the molecule is C=CCCNCCCOCCC1CCN(C(=O)Cc2ccc(Cl)cc2)CC1. The van der Waals surface area contributed by atoms with E-state index in [1.54, 1.807) is 0 Å². The van der Waals surface area contributed by atoms with Gasteiger partial charge in [0.2, 0.25) is 5.91 Å². The molecule has 0 bridgehead atoms. The second-order valence-electron chi connectivity index (χ2n) is 7.21.